The van der Waals surface area contributed by atoms with E-state index < -0.39 is 12.4 Å². The first-order chi connectivity index (χ1) is 7.99. The molecule has 0 aliphatic carbocycles. The van der Waals surface area contributed by atoms with Crippen molar-refractivity contribution in [2.75, 3.05) is 7.11 Å². The van der Waals surface area contributed by atoms with E-state index >= 15 is 0 Å². The lowest BCUT2D eigenvalue weighted by Gasteiger charge is -2.12. The number of nitrogens with zero attached hydrogens (tertiary/aromatic N) is 1. The van der Waals surface area contributed by atoms with Crippen LogP contribution >= 0.6 is 27.5 Å². The number of aromatic nitrogens is 1. The Morgan fingerprint density at radius 2 is 2.29 bits per heavy atom. The number of carbonyl (C=O) groups is 1. The molecular formula is C10H9BrClF2NO2. The molecule has 0 fully saturated rings. The van der Waals surface area contributed by atoms with Gasteiger partial charge >= 0.3 is 5.97 Å². The fraction of sp³-hybridized carbons (Fsp3) is 0.400. The highest BCUT2D eigenvalue weighted by molar-refractivity contribution is 9.10. The third-order valence-corrected chi connectivity index (χ3v) is 2.79. The van der Waals surface area contributed by atoms with Crippen LogP contribution in [0.2, 0.25) is 0 Å². The molecule has 1 heterocycles. The van der Waals surface area contributed by atoms with Crippen molar-refractivity contribution in [3.63, 3.8) is 0 Å². The molecule has 0 radical (unpaired) electrons. The molecule has 0 spiro atoms. The number of alkyl halides is 3. The second-order valence-corrected chi connectivity index (χ2v) is 4.23. The molecule has 0 unspecified atom stereocenters. The predicted octanol–water partition coefficient (Wildman–Crippen LogP) is 3.24. The molecule has 94 valence electrons. The number of pyridine rings is 1. The minimum absolute atomic E-state index is 0.0168. The Kier molecular flexibility index (Phi) is 5.27. The Hall–Kier alpha value is -0.750. The highest BCUT2D eigenvalue weighted by Gasteiger charge is 2.21. The number of carbonyl (C=O) groups excluding carboxylic acids is 1. The van der Waals surface area contributed by atoms with Crippen LogP contribution in [0.4, 0.5) is 8.78 Å². The van der Waals surface area contributed by atoms with E-state index in [1.165, 1.54) is 13.2 Å². The summed E-state index contributed by atoms with van der Waals surface area (Å²) in [5.74, 6) is -0.701. The molecule has 1 aromatic heterocycles. The average molecular weight is 329 g/mol. The molecule has 0 saturated heterocycles. The van der Waals surface area contributed by atoms with Crippen molar-refractivity contribution in [3.8, 4) is 0 Å². The zero-order chi connectivity index (χ0) is 13.0. The van der Waals surface area contributed by atoms with Crippen molar-refractivity contribution in [2.45, 2.75) is 18.7 Å². The third-order valence-electron chi connectivity index (χ3n) is 2.09. The van der Waals surface area contributed by atoms with Gasteiger partial charge in [0.1, 0.15) is 4.60 Å². The lowest BCUT2D eigenvalue weighted by molar-refractivity contribution is -0.139. The van der Waals surface area contributed by atoms with Crippen molar-refractivity contribution >= 4 is 33.5 Å². The van der Waals surface area contributed by atoms with Crippen LogP contribution in [0.15, 0.2) is 10.7 Å². The van der Waals surface area contributed by atoms with Gasteiger partial charge in [0.25, 0.3) is 6.43 Å². The maximum absolute atomic E-state index is 12.9. The summed E-state index contributed by atoms with van der Waals surface area (Å²) in [6, 6.07) is 1.41. The maximum atomic E-state index is 12.9. The molecule has 0 bridgehead atoms. The van der Waals surface area contributed by atoms with Crippen molar-refractivity contribution in [1.29, 1.82) is 0 Å². The number of rotatable bonds is 4. The second kappa shape index (κ2) is 6.26. The maximum Gasteiger partial charge on any atom is 0.311 e. The molecule has 0 N–H and O–H groups in total. The Bertz CT molecular complexity index is 429. The lowest BCUT2D eigenvalue weighted by Crippen LogP contribution is -2.11. The zero-order valence-corrected chi connectivity index (χ0v) is 11.2. The number of hydrogen-bond acceptors (Lipinski definition) is 3. The first kappa shape index (κ1) is 14.3. The van der Waals surface area contributed by atoms with Gasteiger partial charge in [0, 0.05) is 11.4 Å². The van der Waals surface area contributed by atoms with Gasteiger partial charge in [0.15, 0.2) is 0 Å². The van der Waals surface area contributed by atoms with Gasteiger partial charge in [-0.15, -0.1) is 11.6 Å². The van der Waals surface area contributed by atoms with E-state index in [4.69, 9.17) is 11.6 Å². The Morgan fingerprint density at radius 1 is 1.65 bits per heavy atom. The van der Waals surface area contributed by atoms with Gasteiger partial charge in [-0.05, 0) is 27.6 Å². The van der Waals surface area contributed by atoms with E-state index in [0.717, 1.165) is 0 Å². The molecular weight excluding hydrogens is 319 g/mol. The third kappa shape index (κ3) is 3.61. The van der Waals surface area contributed by atoms with Gasteiger partial charge in [0.2, 0.25) is 0 Å². The van der Waals surface area contributed by atoms with Crippen molar-refractivity contribution < 1.29 is 18.3 Å². The molecule has 7 heteroatoms. The van der Waals surface area contributed by atoms with Crippen LogP contribution in [0.25, 0.3) is 0 Å². The fourth-order valence-electron chi connectivity index (χ4n) is 1.35. The summed E-state index contributed by atoms with van der Waals surface area (Å²) in [6.45, 7) is 0. The van der Waals surface area contributed by atoms with Crippen LogP contribution in [0, 0.1) is 0 Å². The summed E-state index contributed by atoms with van der Waals surface area (Å²) in [4.78, 5) is 15.0. The SMILES string of the molecule is COC(=O)Cc1nc(Br)cc(CCl)c1C(F)F. The smallest absolute Gasteiger partial charge is 0.311 e. The summed E-state index contributed by atoms with van der Waals surface area (Å²) < 4.78 is 30.6. The largest absolute Gasteiger partial charge is 0.469 e. The van der Waals surface area contributed by atoms with Crippen LogP contribution in [0.3, 0.4) is 0 Å². The topological polar surface area (TPSA) is 39.2 Å². The van der Waals surface area contributed by atoms with E-state index in [1.54, 1.807) is 0 Å². The number of ether oxygens (including phenoxy) is 1. The Morgan fingerprint density at radius 3 is 2.76 bits per heavy atom. The van der Waals surface area contributed by atoms with Crippen molar-refractivity contribution in [2.24, 2.45) is 0 Å². The second-order valence-electron chi connectivity index (χ2n) is 3.15. The molecule has 1 aromatic rings. The van der Waals surface area contributed by atoms with Crippen LogP contribution in [0.1, 0.15) is 23.2 Å². The summed E-state index contributed by atoms with van der Waals surface area (Å²) in [6.07, 6.45) is -3.04. The molecule has 0 aliphatic rings. The van der Waals surface area contributed by atoms with Crippen LogP contribution < -0.4 is 0 Å². The van der Waals surface area contributed by atoms with E-state index in [-0.39, 0.29) is 29.1 Å². The molecule has 3 nitrogen and oxygen atoms in total. The fourth-order valence-corrected chi connectivity index (χ4v) is 2.06. The predicted molar refractivity (Wildman–Crippen MR) is 62.2 cm³/mol. The van der Waals surface area contributed by atoms with Crippen molar-refractivity contribution in [3.05, 3.63) is 27.5 Å². The molecule has 1 rings (SSSR count). The monoisotopic (exact) mass is 327 g/mol. The van der Waals surface area contributed by atoms with Gasteiger partial charge in [-0.3, -0.25) is 4.79 Å². The highest BCUT2D eigenvalue weighted by Crippen LogP contribution is 2.29. The van der Waals surface area contributed by atoms with Crippen molar-refractivity contribution in [1.82, 2.24) is 4.98 Å². The van der Waals surface area contributed by atoms with E-state index in [2.05, 4.69) is 25.7 Å². The normalized spacial score (nSPS) is 10.7. The van der Waals surface area contributed by atoms with Gasteiger partial charge in [-0.2, -0.15) is 0 Å². The standard InChI is InChI=1S/C10H9BrClF2NO2/c1-17-8(16)3-6-9(10(13)14)5(4-12)2-7(11)15-6/h2,10H,3-4H2,1H3. The van der Waals surface area contributed by atoms with Crippen LogP contribution in [-0.4, -0.2) is 18.1 Å². The minimum Gasteiger partial charge on any atom is -0.469 e. The summed E-state index contributed by atoms with van der Waals surface area (Å²) in [5, 5.41) is 0. The van der Waals surface area contributed by atoms with E-state index in [1.807, 2.05) is 0 Å². The molecule has 17 heavy (non-hydrogen) atoms. The summed E-state index contributed by atoms with van der Waals surface area (Å²) in [5.41, 5.74) is -0.0621. The van der Waals surface area contributed by atoms with Crippen LogP contribution in [0.5, 0.6) is 0 Å². The molecule has 0 atom stereocenters. The Labute approximate surface area is 110 Å². The van der Waals surface area contributed by atoms with Gasteiger partial charge in [-0.25, -0.2) is 13.8 Å². The first-order valence-electron chi connectivity index (χ1n) is 4.58. The summed E-state index contributed by atoms with van der Waals surface area (Å²) in [7, 11) is 1.19. The van der Waals surface area contributed by atoms with Gasteiger partial charge < -0.3 is 4.74 Å². The molecule has 0 amide bonds. The van der Waals surface area contributed by atoms with Gasteiger partial charge in [0.05, 0.1) is 19.2 Å². The first-order valence-corrected chi connectivity index (χ1v) is 5.91. The van der Waals surface area contributed by atoms with E-state index in [9.17, 15) is 13.6 Å². The molecule has 0 aromatic carbocycles. The lowest BCUT2D eigenvalue weighted by atomic mass is 10.1. The Balaban J connectivity index is 3.25. The number of methoxy groups -OCH3 is 1. The zero-order valence-electron chi connectivity index (χ0n) is 8.84. The molecule has 0 saturated carbocycles. The average Bonchev–Trinajstić information content (AvgIpc) is 2.27. The van der Waals surface area contributed by atoms with E-state index in [0.29, 0.717) is 4.60 Å². The summed E-state index contributed by atoms with van der Waals surface area (Å²) >= 11 is 8.67. The van der Waals surface area contributed by atoms with Gasteiger partial charge in [-0.1, -0.05) is 0 Å². The number of halogens is 4. The minimum atomic E-state index is -2.73. The molecule has 0 aliphatic heterocycles. The highest BCUT2D eigenvalue weighted by atomic mass is 79.9. The number of esters is 1. The van der Waals surface area contributed by atoms with Crippen LogP contribution in [-0.2, 0) is 21.8 Å². The quantitative estimate of drug-likeness (QED) is 0.484. The number of hydrogen-bond donors (Lipinski definition) is 0.